The van der Waals surface area contributed by atoms with E-state index in [4.69, 9.17) is 4.74 Å². The summed E-state index contributed by atoms with van der Waals surface area (Å²) < 4.78 is 5.20. The number of ether oxygens (including phenoxy) is 1. The minimum Gasteiger partial charge on any atom is -0.383 e. The monoisotopic (exact) mass is 200 g/mol. The summed E-state index contributed by atoms with van der Waals surface area (Å²) in [5.41, 5.74) is 0. The van der Waals surface area contributed by atoms with Crippen LogP contribution >= 0.6 is 0 Å². The summed E-state index contributed by atoms with van der Waals surface area (Å²) in [6, 6.07) is 1.22. The predicted octanol–water partition coefficient (Wildman–Crippen LogP) is 1.10. The van der Waals surface area contributed by atoms with Crippen molar-refractivity contribution in [2.75, 3.05) is 33.4 Å². The Balaban J connectivity index is 2.34. The molecular formula is C11H24N2O. The highest BCUT2D eigenvalue weighted by atomic mass is 16.5. The number of methoxy groups -OCH3 is 1. The van der Waals surface area contributed by atoms with Crippen LogP contribution in [0.1, 0.15) is 26.7 Å². The van der Waals surface area contributed by atoms with Crippen LogP contribution < -0.4 is 5.32 Å². The molecule has 14 heavy (non-hydrogen) atoms. The van der Waals surface area contributed by atoms with E-state index in [9.17, 15) is 0 Å². The Morgan fingerprint density at radius 1 is 1.50 bits per heavy atom. The predicted molar refractivity (Wildman–Crippen MR) is 59.6 cm³/mol. The largest absolute Gasteiger partial charge is 0.383 e. The van der Waals surface area contributed by atoms with E-state index in [1.807, 2.05) is 0 Å². The zero-order valence-corrected chi connectivity index (χ0v) is 9.75. The second kappa shape index (κ2) is 6.38. The standard InChI is InChI=1S/C11H24N2O/c1-10-5-8-13(7-4-6-12-10)11(2)9-14-3/h10-12H,4-9H2,1-3H3. The second-order valence-electron chi connectivity index (χ2n) is 4.34. The Morgan fingerprint density at radius 2 is 2.29 bits per heavy atom. The van der Waals surface area contributed by atoms with E-state index in [1.54, 1.807) is 7.11 Å². The van der Waals surface area contributed by atoms with Gasteiger partial charge in [-0.2, -0.15) is 0 Å². The van der Waals surface area contributed by atoms with Gasteiger partial charge in [0.05, 0.1) is 6.61 Å². The van der Waals surface area contributed by atoms with Gasteiger partial charge in [0, 0.05) is 19.2 Å². The molecule has 0 spiro atoms. The van der Waals surface area contributed by atoms with Crippen LogP contribution in [-0.2, 0) is 4.74 Å². The van der Waals surface area contributed by atoms with Crippen molar-refractivity contribution in [1.29, 1.82) is 0 Å². The molecule has 0 aromatic heterocycles. The Kier molecular flexibility index (Phi) is 5.45. The van der Waals surface area contributed by atoms with Crippen molar-refractivity contribution in [3.63, 3.8) is 0 Å². The molecule has 1 aliphatic heterocycles. The fraction of sp³-hybridized carbons (Fsp3) is 1.00. The van der Waals surface area contributed by atoms with Crippen molar-refractivity contribution in [2.24, 2.45) is 0 Å². The number of rotatable bonds is 3. The first-order valence-electron chi connectivity index (χ1n) is 5.70. The lowest BCUT2D eigenvalue weighted by Crippen LogP contribution is -2.43. The van der Waals surface area contributed by atoms with Gasteiger partial charge in [0.1, 0.15) is 0 Å². The maximum atomic E-state index is 5.20. The maximum Gasteiger partial charge on any atom is 0.0615 e. The third kappa shape index (κ3) is 3.95. The van der Waals surface area contributed by atoms with Crippen molar-refractivity contribution < 1.29 is 4.74 Å². The molecule has 1 aliphatic rings. The minimum absolute atomic E-state index is 0.560. The average molecular weight is 200 g/mol. The van der Waals surface area contributed by atoms with Crippen molar-refractivity contribution in [1.82, 2.24) is 10.2 Å². The van der Waals surface area contributed by atoms with Gasteiger partial charge in [-0.25, -0.2) is 0 Å². The van der Waals surface area contributed by atoms with Gasteiger partial charge in [-0.3, -0.25) is 4.90 Å². The fourth-order valence-electron chi connectivity index (χ4n) is 1.99. The highest BCUT2D eigenvalue weighted by Gasteiger charge is 2.16. The molecule has 0 bridgehead atoms. The van der Waals surface area contributed by atoms with E-state index in [0.29, 0.717) is 12.1 Å². The van der Waals surface area contributed by atoms with Gasteiger partial charge in [-0.05, 0) is 46.3 Å². The highest BCUT2D eigenvalue weighted by molar-refractivity contribution is 4.73. The van der Waals surface area contributed by atoms with Crippen LogP contribution in [0, 0.1) is 0 Å². The van der Waals surface area contributed by atoms with Crippen molar-refractivity contribution in [3.8, 4) is 0 Å². The van der Waals surface area contributed by atoms with E-state index < -0.39 is 0 Å². The van der Waals surface area contributed by atoms with Gasteiger partial charge in [-0.1, -0.05) is 0 Å². The molecule has 1 fully saturated rings. The highest BCUT2D eigenvalue weighted by Crippen LogP contribution is 2.06. The summed E-state index contributed by atoms with van der Waals surface area (Å²) >= 11 is 0. The molecule has 0 saturated carbocycles. The topological polar surface area (TPSA) is 24.5 Å². The summed E-state index contributed by atoms with van der Waals surface area (Å²) in [7, 11) is 1.78. The Bertz CT molecular complexity index is 152. The molecule has 2 atom stereocenters. The van der Waals surface area contributed by atoms with Crippen LogP contribution in [0.4, 0.5) is 0 Å². The van der Waals surface area contributed by atoms with Crippen LogP contribution in [-0.4, -0.2) is 50.3 Å². The van der Waals surface area contributed by atoms with Gasteiger partial charge < -0.3 is 10.1 Å². The molecule has 1 rings (SSSR count). The molecule has 2 unspecified atom stereocenters. The number of nitrogens with one attached hydrogen (secondary N) is 1. The summed E-state index contributed by atoms with van der Waals surface area (Å²) in [4.78, 5) is 2.54. The maximum absolute atomic E-state index is 5.20. The first-order valence-corrected chi connectivity index (χ1v) is 5.70. The Hall–Kier alpha value is -0.120. The number of nitrogens with zero attached hydrogens (tertiary/aromatic N) is 1. The molecule has 0 radical (unpaired) electrons. The van der Waals surface area contributed by atoms with Gasteiger partial charge in [0.2, 0.25) is 0 Å². The smallest absolute Gasteiger partial charge is 0.0615 e. The molecule has 3 heteroatoms. The Morgan fingerprint density at radius 3 is 3.00 bits per heavy atom. The molecule has 3 nitrogen and oxygen atoms in total. The van der Waals surface area contributed by atoms with Gasteiger partial charge in [0.15, 0.2) is 0 Å². The van der Waals surface area contributed by atoms with Gasteiger partial charge in [0.25, 0.3) is 0 Å². The molecule has 1 heterocycles. The summed E-state index contributed by atoms with van der Waals surface area (Å²) in [5, 5.41) is 3.52. The van der Waals surface area contributed by atoms with Crippen LogP contribution in [0.3, 0.4) is 0 Å². The molecule has 1 saturated heterocycles. The molecule has 1 N–H and O–H groups in total. The first-order chi connectivity index (χ1) is 6.74. The van der Waals surface area contributed by atoms with Crippen LogP contribution in [0.15, 0.2) is 0 Å². The molecule has 84 valence electrons. The number of hydrogen-bond donors (Lipinski definition) is 1. The molecule has 0 aliphatic carbocycles. The molecule has 0 aromatic rings. The average Bonchev–Trinajstić information content (AvgIpc) is 2.12. The lowest BCUT2D eigenvalue weighted by Gasteiger charge is -2.32. The van der Waals surface area contributed by atoms with E-state index in [-0.39, 0.29) is 0 Å². The number of hydrogen-bond acceptors (Lipinski definition) is 3. The first kappa shape index (κ1) is 12.0. The normalized spacial score (nSPS) is 28.1. The summed E-state index contributed by atoms with van der Waals surface area (Å²) in [6.45, 7) is 8.91. The van der Waals surface area contributed by atoms with E-state index in [2.05, 4.69) is 24.1 Å². The van der Waals surface area contributed by atoms with E-state index >= 15 is 0 Å². The van der Waals surface area contributed by atoms with Crippen molar-refractivity contribution in [2.45, 2.75) is 38.8 Å². The summed E-state index contributed by atoms with van der Waals surface area (Å²) in [5.74, 6) is 0. The van der Waals surface area contributed by atoms with E-state index in [0.717, 1.165) is 13.2 Å². The molecule has 0 aromatic carbocycles. The van der Waals surface area contributed by atoms with Crippen LogP contribution in [0.5, 0.6) is 0 Å². The molecule has 0 amide bonds. The quantitative estimate of drug-likeness (QED) is 0.738. The summed E-state index contributed by atoms with van der Waals surface area (Å²) in [6.07, 6.45) is 2.49. The van der Waals surface area contributed by atoms with Gasteiger partial charge >= 0.3 is 0 Å². The lowest BCUT2D eigenvalue weighted by atomic mass is 10.1. The molecular weight excluding hydrogens is 176 g/mol. The fourth-order valence-corrected chi connectivity index (χ4v) is 1.99. The van der Waals surface area contributed by atoms with E-state index in [1.165, 1.54) is 25.9 Å². The SMILES string of the molecule is COCC(C)N1CCCNC(C)CC1. The zero-order chi connectivity index (χ0) is 10.4. The van der Waals surface area contributed by atoms with Crippen molar-refractivity contribution in [3.05, 3.63) is 0 Å². The van der Waals surface area contributed by atoms with Gasteiger partial charge in [-0.15, -0.1) is 0 Å². The van der Waals surface area contributed by atoms with Crippen molar-refractivity contribution >= 4 is 0 Å². The third-order valence-electron chi connectivity index (χ3n) is 3.00. The second-order valence-corrected chi connectivity index (χ2v) is 4.34. The lowest BCUT2D eigenvalue weighted by molar-refractivity contribution is 0.0918. The van der Waals surface area contributed by atoms with Crippen LogP contribution in [0.25, 0.3) is 0 Å². The van der Waals surface area contributed by atoms with Crippen LogP contribution in [0.2, 0.25) is 0 Å². The Labute approximate surface area is 87.8 Å². The zero-order valence-electron chi connectivity index (χ0n) is 9.75. The minimum atomic E-state index is 0.560. The third-order valence-corrected chi connectivity index (χ3v) is 3.00.